The lowest BCUT2D eigenvalue weighted by molar-refractivity contribution is -0.122. The molecule has 2 bridgehead atoms. The SMILES string of the molecule is O=C(COC(=O)c1cccc(N2C(=O)[C@@H]3C4c5ccccc5C(c5ccccc54)[C@H]3C2=O)c1)Nc1ccc(Cl)cc1. The Kier molecular flexibility index (Phi) is 5.98. The van der Waals surface area contributed by atoms with Gasteiger partial charge in [-0.25, -0.2) is 9.69 Å². The van der Waals surface area contributed by atoms with E-state index in [1.165, 1.54) is 17.0 Å². The number of benzene rings is 4. The highest BCUT2D eigenvalue weighted by molar-refractivity contribution is 6.30. The second-order valence-electron chi connectivity index (χ2n) is 10.5. The highest BCUT2D eigenvalue weighted by Crippen LogP contribution is 2.61. The van der Waals surface area contributed by atoms with Crippen molar-refractivity contribution in [2.75, 3.05) is 16.8 Å². The summed E-state index contributed by atoms with van der Waals surface area (Å²) in [7, 11) is 0. The third kappa shape index (κ3) is 4.04. The fourth-order valence-corrected chi connectivity index (χ4v) is 6.77. The summed E-state index contributed by atoms with van der Waals surface area (Å²) in [6.45, 7) is -0.503. The van der Waals surface area contributed by atoms with Gasteiger partial charge in [-0.2, -0.15) is 0 Å². The first-order valence-corrected chi connectivity index (χ1v) is 13.7. The zero-order chi connectivity index (χ0) is 28.2. The molecular formula is C33H23ClN2O5. The second kappa shape index (κ2) is 9.71. The monoisotopic (exact) mass is 562 g/mol. The van der Waals surface area contributed by atoms with Gasteiger partial charge in [0.25, 0.3) is 5.91 Å². The molecule has 3 amide bonds. The Morgan fingerprint density at radius 1 is 0.732 bits per heavy atom. The number of anilines is 2. The second-order valence-corrected chi connectivity index (χ2v) is 10.9. The molecule has 7 nitrogen and oxygen atoms in total. The van der Waals surface area contributed by atoms with E-state index in [-0.39, 0.29) is 29.2 Å². The number of imide groups is 1. The average molecular weight is 563 g/mol. The number of carbonyl (C=O) groups excluding carboxylic acids is 4. The summed E-state index contributed by atoms with van der Waals surface area (Å²) in [6, 6.07) is 28.9. The van der Waals surface area contributed by atoms with Crippen LogP contribution in [0.2, 0.25) is 5.02 Å². The Morgan fingerprint density at radius 2 is 1.27 bits per heavy atom. The molecule has 0 aromatic heterocycles. The molecule has 0 spiro atoms. The number of nitrogens with one attached hydrogen (secondary N) is 1. The molecule has 0 radical (unpaired) electrons. The standard InChI is InChI=1S/C33H23ClN2O5/c34-19-12-14-20(15-13-19)35-26(37)17-41-33(40)18-6-5-7-21(16-18)36-31(38)29-27-22-8-1-2-9-23(22)28(30(29)32(36)39)25-11-4-3-10-24(25)27/h1-16,27-30H,17H2,(H,35,37)/t27?,28?,29-,30-/m1/s1. The van der Waals surface area contributed by atoms with Crippen LogP contribution in [0.5, 0.6) is 0 Å². The van der Waals surface area contributed by atoms with Gasteiger partial charge in [-0.3, -0.25) is 14.4 Å². The average Bonchev–Trinajstić information content (AvgIpc) is 3.27. The van der Waals surface area contributed by atoms with Gasteiger partial charge in [-0.1, -0.05) is 66.2 Å². The molecule has 1 fully saturated rings. The summed E-state index contributed by atoms with van der Waals surface area (Å²) in [5, 5.41) is 3.16. The molecule has 4 aliphatic rings. The number of rotatable bonds is 5. The lowest BCUT2D eigenvalue weighted by atomic mass is 9.55. The molecule has 3 aliphatic carbocycles. The summed E-state index contributed by atoms with van der Waals surface area (Å²) >= 11 is 5.86. The van der Waals surface area contributed by atoms with Gasteiger partial charge < -0.3 is 10.1 Å². The molecule has 0 saturated carbocycles. The zero-order valence-electron chi connectivity index (χ0n) is 21.6. The van der Waals surface area contributed by atoms with Gasteiger partial charge in [0.15, 0.2) is 6.61 Å². The van der Waals surface area contributed by atoms with Crippen molar-refractivity contribution in [3.8, 4) is 0 Å². The van der Waals surface area contributed by atoms with Crippen LogP contribution in [0.1, 0.15) is 44.4 Å². The van der Waals surface area contributed by atoms with Crippen molar-refractivity contribution in [1.29, 1.82) is 0 Å². The minimum absolute atomic E-state index is 0.131. The van der Waals surface area contributed by atoms with Crippen LogP contribution in [0, 0.1) is 11.8 Å². The number of hydrogen-bond acceptors (Lipinski definition) is 5. The number of esters is 1. The molecule has 1 saturated heterocycles. The summed E-state index contributed by atoms with van der Waals surface area (Å²) in [5.74, 6) is -3.28. The summed E-state index contributed by atoms with van der Waals surface area (Å²) in [6.07, 6.45) is 0. The zero-order valence-corrected chi connectivity index (χ0v) is 22.4. The van der Waals surface area contributed by atoms with E-state index in [0.29, 0.717) is 16.4 Å². The van der Waals surface area contributed by atoms with E-state index < -0.39 is 30.3 Å². The Morgan fingerprint density at radius 3 is 1.80 bits per heavy atom. The molecule has 4 aromatic rings. The van der Waals surface area contributed by atoms with Gasteiger partial charge in [0.2, 0.25) is 11.8 Å². The lowest BCUT2D eigenvalue weighted by Gasteiger charge is -2.45. The number of ether oxygens (including phenoxy) is 1. The smallest absolute Gasteiger partial charge is 0.338 e. The minimum atomic E-state index is -0.741. The maximum absolute atomic E-state index is 14.0. The van der Waals surface area contributed by atoms with Crippen LogP contribution in [-0.4, -0.2) is 30.3 Å². The van der Waals surface area contributed by atoms with E-state index in [1.807, 2.05) is 24.3 Å². The van der Waals surface area contributed by atoms with Crippen LogP contribution in [-0.2, 0) is 19.1 Å². The fourth-order valence-electron chi connectivity index (χ4n) is 6.65. The molecule has 202 valence electrons. The van der Waals surface area contributed by atoms with Crippen molar-refractivity contribution < 1.29 is 23.9 Å². The number of halogens is 1. The Hall–Kier alpha value is -4.75. The molecule has 8 heteroatoms. The van der Waals surface area contributed by atoms with Gasteiger partial charge >= 0.3 is 5.97 Å². The Bertz CT molecular complexity index is 1640. The number of nitrogens with zero attached hydrogens (tertiary/aromatic N) is 1. The fraction of sp³-hybridized carbons (Fsp3) is 0.152. The number of carbonyl (C=O) groups is 4. The summed E-state index contributed by atoms with van der Waals surface area (Å²) in [5.41, 5.74) is 5.32. The van der Waals surface area contributed by atoms with E-state index in [2.05, 4.69) is 29.6 Å². The van der Waals surface area contributed by atoms with E-state index >= 15 is 0 Å². The van der Waals surface area contributed by atoms with Gasteiger partial charge in [0, 0.05) is 22.5 Å². The van der Waals surface area contributed by atoms with Gasteiger partial charge in [-0.05, 0) is 64.7 Å². The van der Waals surface area contributed by atoms with Gasteiger partial charge in [0.1, 0.15) is 0 Å². The maximum atomic E-state index is 14.0. The van der Waals surface area contributed by atoms with Crippen LogP contribution in [0.15, 0.2) is 97.1 Å². The van der Waals surface area contributed by atoms with Crippen molar-refractivity contribution >= 4 is 46.7 Å². The molecule has 1 heterocycles. The number of hydrogen-bond donors (Lipinski definition) is 1. The third-order valence-corrected chi connectivity index (χ3v) is 8.50. The largest absolute Gasteiger partial charge is 0.452 e. The predicted octanol–water partition coefficient (Wildman–Crippen LogP) is 5.53. The topological polar surface area (TPSA) is 92.8 Å². The minimum Gasteiger partial charge on any atom is -0.452 e. The molecule has 8 rings (SSSR count). The van der Waals surface area contributed by atoms with Crippen LogP contribution in [0.25, 0.3) is 0 Å². The molecule has 1 aliphatic heterocycles. The first kappa shape index (κ1) is 25.2. The van der Waals surface area contributed by atoms with Crippen molar-refractivity contribution in [2.24, 2.45) is 11.8 Å². The third-order valence-electron chi connectivity index (χ3n) is 8.25. The van der Waals surface area contributed by atoms with Crippen LogP contribution < -0.4 is 10.2 Å². The first-order chi connectivity index (χ1) is 19.9. The quantitative estimate of drug-likeness (QED) is 0.255. The van der Waals surface area contributed by atoms with Crippen LogP contribution >= 0.6 is 11.6 Å². The summed E-state index contributed by atoms with van der Waals surface area (Å²) in [4.78, 5) is 54.3. The predicted molar refractivity (Wildman–Crippen MR) is 153 cm³/mol. The van der Waals surface area contributed by atoms with Crippen LogP contribution in [0.4, 0.5) is 11.4 Å². The van der Waals surface area contributed by atoms with Crippen molar-refractivity contribution in [3.63, 3.8) is 0 Å². The highest BCUT2D eigenvalue weighted by atomic mass is 35.5. The summed E-state index contributed by atoms with van der Waals surface area (Å²) < 4.78 is 5.22. The maximum Gasteiger partial charge on any atom is 0.338 e. The molecule has 0 unspecified atom stereocenters. The molecule has 4 aromatic carbocycles. The van der Waals surface area contributed by atoms with E-state index in [9.17, 15) is 19.2 Å². The first-order valence-electron chi connectivity index (χ1n) is 13.3. The van der Waals surface area contributed by atoms with Crippen molar-refractivity contribution in [3.05, 3.63) is 130 Å². The molecule has 1 N–H and O–H groups in total. The van der Waals surface area contributed by atoms with Crippen molar-refractivity contribution in [1.82, 2.24) is 0 Å². The molecular weight excluding hydrogens is 540 g/mol. The lowest BCUT2D eigenvalue weighted by Crippen LogP contribution is -2.41. The van der Waals surface area contributed by atoms with E-state index in [0.717, 1.165) is 22.3 Å². The molecule has 2 atom stereocenters. The van der Waals surface area contributed by atoms with Gasteiger partial charge in [0.05, 0.1) is 23.1 Å². The molecule has 41 heavy (non-hydrogen) atoms. The van der Waals surface area contributed by atoms with Crippen molar-refractivity contribution in [2.45, 2.75) is 11.8 Å². The Balaban J connectivity index is 1.13. The normalized spacial score (nSPS) is 21.6. The van der Waals surface area contributed by atoms with E-state index in [4.69, 9.17) is 16.3 Å². The van der Waals surface area contributed by atoms with Crippen LogP contribution in [0.3, 0.4) is 0 Å². The number of amides is 3. The van der Waals surface area contributed by atoms with Gasteiger partial charge in [-0.15, -0.1) is 0 Å². The van der Waals surface area contributed by atoms with E-state index in [1.54, 1.807) is 36.4 Å². The highest BCUT2D eigenvalue weighted by Gasteiger charge is 2.61. The Labute approximate surface area is 240 Å².